The number of allylic oxidation sites excluding steroid dienone is 1. The summed E-state index contributed by atoms with van der Waals surface area (Å²) in [7, 11) is 0. The van der Waals surface area contributed by atoms with Crippen LogP contribution in [-0.2, 0) is 6.42 Å². The van der Waals surface area contributed by atoms with Crippen LogP contribution in [0.5, 0.6) is 5.75 Å². The Morgan fingerprint density at radius 1 is 1.33 bits per heavy atom. The van der Waals surface area contributed by atoms with Crippen LogP contribution in [0.4, 0.5) is 0 Å². The molecule has 0 bridgehead atoms. The zero-order chi connectivity index (χ0) is 13.2. The Bertz CT molecular complexity index is 347. The third kappa shape index (κ3) is 6.45. The van der Waals surface area contributed by atoms with Gasteiger partial charge in [-0.25, -0.2) is 0 Å². The van der Waals surface area contributed by atoms with Gasteiger partial charge in [0.25, 0.3) is 0 Å². The number of hydrogen-bond acceptors (Lipinski definition) is 2. The summed E-state index contributed by atoms with van der Waals surface area (Å²) in [6.07, 6.45) is 7.48. The van der Waals surface area contributed by atoms with Crippen molar-refractivity contribution in [2.45, 2.75) is 45.1 Å². The Balaban J connectivity index is 2.27. The van der Waals surface area contributed by atoms with E-state index < -0.39 is 0 Å². The minimum absolute atomic E-state index is 0.194. The van der Waals surface area contributed by atoms with Crippen molar-refractivity contribution in [3.8, 4) is 5.75 Å². The van der Waals surface area contributed by atoms with Crippen molar-refractivity contribution in [1.82, 2.24) is 0 Å². The molecule has 2 nitrogen and oxygen atoms in total. The fraction of sp³-hybridized carbons (Fsp3) is 0.500. The maximum absolute atomic E-state index is 5.79. The molecule has 1 aromatic carbocycles. The second-order valence-electron chi connectivity index (χ2n) is 4.82. The standard InChI is InChI=1S/C16H25NO/c1-3-4-5-6-7-11-18-16-10-8-9-15(13-16)12-14(2)17/h3,8-10,13-14H,1,4-7,11-12,17H2,2H3. The lowest BCUT2D eigenvalue weighted by Gasteiger charge is -2.09. The zero-order valence-electron chi connectivity index (χ0n) is 11.4. The molecule has 0 saturated carbocycles. The van der Waals surface area contributed by atoms with E-state index in [1.807, 2.05) is 25.1 Å². The number of benzene rings is 1. The second-order valence-corrected chi connectivity index (χ2v) is 4.82. The largest absolute Gasteiger partial charge is 0.494 e. The molecular weight excluding hydrogens is 222 g/mol. The van der Waals surface area contributed by atoms with Gasteiger partial charge in [0.05, 0.1) is 6.61 Å². The summed E-state index contributed by atoms with van der Waals surface area (Å²) in [5, 5.41) is 0. The maximum atomic E-state index is 5.79. The Morgan fingerprint density at radius 2 is 2.17 bits per heavy atom. The first kappa shape index (κ1) is 14.8. The van der Waals surface area contributed by atoms with Crippen LogP contribution < -0.4 is 10.5 Å². The third-order valence-electron chi connectivity index (χ3n) is 2.78. The Hall–Kier alpha value is -1.28. The quantitative estimate of drug-likeness (QED) is 0.533. The molecule has 0 amide bonds. The van der Waals surface area contributed by atoms with Gasteiger partial charge in [0, 0.05) is 6.04 Å². The van der Waals surface area contributed by atoms with Crippen molar-refractivity contribution in [1.29, 1.82) is 0 Å². The molecule has 100 valence electrons. The lowest BCUT2D eigenvalue weighted by atomic mass is 10.1. The number of ether oxygens (including phenoxy) is 1. The SMILES string of the molecule is C=CCCCCCOc1cccc(CC(C)N)c1. The van der Waals surface area contributed by atoms with Crippen molar-refractivity contribution >= 4 is 0 Å². The maximum Gasteiger partial charge on any atom is 0.119 e. The summed E-state index contributed by atoms with van der Waals surface area (Å²) >= 11 is 0. The molecule has 0 heterocycles. The van der Waals surface area contributed by atoms with Crippen LogP contribution in [0.3, 0.4) is 0 Å². The molecule has 2 N–H and O–H groups in total. The van der Waals surface area contributed by atoms with Crippen molar-refractivity contribution < 1.29 is 4.74 Å². The van der Waals surface area contributed by atoms with Gasteiger partial charge in [0.2, 0.25) is 0 Å². The van der Waals surface area contributed by atoms with Crippen LogP contribution >= 0.6 is 0 Å². The van der Waals surface area contributed by atoms with Crippen molar-refractivity contribution in [2.24, 2.45) is 5.73 Å². The summed E-state index contributed by atoms with van der Waals surface area (Å²) in [6, 6.07) is 8.42. The highest BCUT2D eigenvalue weighted by Crippen LogP contribution is 2.15. The average molecular weight is 247 g/mol. The molecule has 1 unspecified atom stereocenters. The molecule has 1 atom stereocenters. The summed E-state index contributed by atoms with van der Waals surface area (Å²) in [5.74, 6) is 0.955. The predicted octanol–water partition coefficient (Wildman–Crippen LogP) is 3.70. The van der Waals surface area contributed by atoms with Gasteiger partial charge < -0.3 is 10.5 Å². The fourth-order valence-corrected chi connectivity index (χ4v) is 1.89. The molecule has 0 saturated heterocycles. The molecule has 0 spiro atoms. The monoisotopic (exact) mass is 247 g/mol. The van der Waals surface area contributed by atoms with E-state index in [1.165, 1.54) is 18.4 Å². The van der Waals surface area contributed by atoms with E-state index in [4.69, 9.17) is 10.5 Å². The number of nitrogens with two attached hydrogens (primary N) is 1. The molecule has 0 radical (unpaired) electrons. The summed E-state index contributed by atoms with van der Waals surface area (Å²) in [5.41, 5.74) is 7.04. The zero-order valence-corrected chi connectivity index (χ0v) is 11.4. The van der Waals surface area contributed by atoms with Crippen molar-refractivity contribution in [3.05, 3.63) is 42.5 Å². The van der Waals surface area contributed by atoms with Crippen LogP contribution in [0, 0.1) is 0 Å². The van der Waals surface area contributed by atoms with Gasteiger partial charge in [-0.15, -0.1) is 6.58 Å². The van der Waals surface area contributed by atoms with E-state index in [0.717, 1.165) is 31.6 Å². The molecule has 0 aliphatic carbocycles. The Labute approximate surface area is 111 Å². The molecule has 0 fully saturated rings. The van der Waals surface area contributed by atoms with E-state index in [9.17, 15) is 0 Å². The fourth-order valence-electron chi connectivity index (χ4n) is 1.89. The first-order valence-corrected chi connectivity index (χ1v) is 6.80. The topological polar surface area (TPSA) is 35.2 Å². The smallest absolute Gasteiger partial charge is 0.119 e. The van der Waals surface area contributed by atoms with Gasteiger partial charge >= 0.3 is 0 Å². The van der Waals surface area contributed by atoms with Crippen LogP contribution in [0.2, 0.25) is 0 Å². The molecular formula is C16H25NO. The number of unbranched alkanes of at least 4 members (excludes halogenated alkanes) is 3. The van der Waals surface area contributed by atoms with Gasteiger partial charge in [0.1, 0.15) is 5.75 Å². The molecule has 0 aliphatic heterocycles. The van der Waals surface area contributed by atoms with Crippen LogP contribution in [0.25, 0.3) is 0 Å². The summed E-state index contributed by atoms with van der Waals surface area (Å²) < 4.78 is 5.74. The lowest BCUT2D eigenvalue weighted by Crippen LogP contribution is -2.17. The first-order chi connectivity index (χ1) is 8.72. The van der Waals surface area contributed by atoms with Gasteiger partial charge in [-0.05, 0) is 56.7 Å². The van der Waals surface area contributed by atoms with E-state index >= 15 is 0 Å². The summed E-state index contributed by atoms with van der Waals surface area (Å²) in [4.78, 5) is 0. The second kappa shape index (κ2) is 8.76. The molecule has 0 aliphatic rings. The molecule has 0 aromatic heterocycles. The molecule has 2 heteroatoms. The van der Waals surface area contributed by atoms with E-state index in [1.54, 1.807) is 0 Å². The normalized spacial score (nSPS) is 12.1. The first-order valence-electron chi connectivity index (χ1n) is 6.80. The molecule has 18 heavy (non-hydrogen) atoms. The van der Waals surface area contributed by atoms with E-state index in [0.29, 0.717) is 0 Å². The van der Waals surface area contributed by atoms with Gasteiger partial charge in [-0.1, -0.05) is 18.2 Å². The Kier molecular flexibility index (Phi) is 7.19. The number of hydrogen-bond donors (Lipinski definition) is 1. The van der Waals surface area contributed by atoms with Crippen molar-refractivity contribution in [2.75, 3.05) is 6.61 Å². The van der Waals surface area contributed by atoms with Crippen LogP contribution in [0.15, 0.2) is 36.9 Å². The van der Waals surface area contributed by atoms with Crippen molar-refractivity contribution in [3.63, 3.8) is 0 Å². The van der Waals surface area contributed by atoms with Gasteiger partial charge in [-0.2, -0.15) is 0 Å². The number of rotatable bonds is 9. The molecule has 1 rings (SSSR count). The van der Waals surface area contributed by atoms with Crippen LogP contribution in [0.1, 0.15) is 38.2 Å². The minimum Gasteiger partial charge on any atom is -0.494 e. The predicted molar refractivity (Wildman–Crippen MR) is 78.0 cm³/mol. The van der Waals surface area contributed by atoms with Crippen LogP contribution in [-0.4, -0.2) is 12.6 Å². The lowest BCUT2D eigenvalue weighted by molar-refractivity contribution is 0.305. The third-order valence-corrected chi connectivity index (χ3v) is 2.78. The van der Waals surface area contributed by atoms with Gasteiger partial charge in [0.15, 0.2) is 0 Å². The van der Waals surface area contributed by atoms with E-state index in [2.05, 4.69) is 18.7 Å². The average Bonchev–Trinajstić information content (AvgIpc) is 2.33. The highest BCUT2D eigenvalue weighted by Gasteiger charge is 2.00. The van der Waals surface area contributed by atoms with E-state index in [-0.39, 0.29) is 6.04 Å². The minimum atomic E-state index is 0.194. The highest BCUT2D eigenvalue weighted by molar-refractivity contribution is 5.28. The molecule has 1 aromatic rings. The van der Waals surface area contributed by atoms with Gasteiger partial charge in [-0.3, -0.25) is 0 Å². The summed E-state index contributed by atoms with van der Waals surface area (Å²) in [6.45, 7) is 6.53. The Morgan fingerprint density at radius 3 is 2.89 bits per heavy atom. The highest BCUT2D eigenvalue weighted by atomic mass is 16.5.